The van der Waals surface area contributed by atoms with Crippen molar-refractivity contribution in [3.8, 4) is 17.2 Å². The highest BCUT2D eigenvalue weighted by Crippen LogP contribution is 2.27. The Morgan fingerprint density at radius 2 is 1.87 bits per heavy atom. The van der Waals surface area contributed by atoms with Crippen molar-refractivity contribution in [2.24, 2.45) is 4.99 Å². The Labute approximate surface area is 183 Å². The minimum atomic E-state index is 0.428. The number of para-hydroxylation sites is 1. The van der Waals surface area contributed by atoms with Crippen molar-refractivity contribution in [1.29, 1.82) is 0 Å². The van der Waals surface area contributed by atoms with Crippen molar-refractivity contribution in [1.82, 2.24) is 25.0 Å². The Bertz CT molecular complexity index is 987. The normalized spacial score (nSPS) is 11.3. The minimum absolute atomic E-state index is 0.428. The number of methoxy groups -OCH3 is 2. The third kappa shape index (κ3) is 5.75. The molecule has 3 aromatic rings. The van der Waals surface area contributed by atoms with Crippen LogP contribution in [0.25, 0.3) is 5.69 Å². The van der Waals surface area contributed by atoms with Gasteiger partial charge in [-0.25, -0.2) is 4.99 Å². The first kappa shape index (κ1) is 22.1. The molecular weight excluding hydrogens is 392 g/mol. The Kier molecular flexibility index (Phi) is 7.86. The van der Waals surface area contributed by atoms with Gasteiger partial charge in [-0.05, 0) is 43.2 Å². The standard InChI is InChI=1S/C23H30N6O2/c1-5-24-23(25-16-22-27-26-17-29(22)19-9-7-6-8-10-19)28(2)14-13-18-11-12-20(30-3)21(15-18)31-4/h6-12,15,17H,5,13-14,16H2,1-4H3,(H,24,25). The number of nitrogens with one attached hydrogen (secondary N) is 1. The van der Waals surface area contributed by atoms with Crippen LogP contribution in [-0.4, -0.2) is 60.0 Å². The van der Waals surface area contributed by atoms with Gasteiger partial charge in [0.05, 0.1) is 14.2 Å². The van der Waals surface area contributed by atoms with Gasteiger partial charge in [0, 0.05) is 25.8 Å². The summed E-state index contributed by atoms with van der Waals surface area (Å²) in [6, 6.07) is 16.0. The van der Waals surface area contributed by atoms with Crippen LogP contribution in [-0.2, 0) is 13.0 Å². The molecule has 0 unspecified atom stereocenters. The van der Waals surface area contributed by atoms with Crippen molar-refractivity contribution in [2.45, 2.75) is 19.9 Å². The van der Waals surface area contributed by atoms with Gasteiger partial charge in [0.25, 0.3) is 0 Å². The van der Waals surface area contributed by atoms with Gasteiger partial charge in [0.2, 0.25) is 0 Å². The van der Waals surface area contributed by atoms with E-state index in [4.69, 9.17) is 14.5 Å². The molecule has 1 N–H and O–H groups in total. The molecule has 2 aromatic carbocycles. The van der Waals surface area contributed by atoms with Gasteiger partial charge in [0.15, 0.2) is 23.3 Å². The summed E-state index contributed by atoms with van der Waals surface area (Å²) in [6.07, 6.45) is 2.56. The molecule has 0 atom stereocenters. The second-order valence-corrected chi connectivity index (χ2v) is 6.98. The van der Waals surface area contributed by atoms with Gasteiger partial charge < -0.3 is 19.7 Å². The predicted octanol–water partition coefficient (Wildman–Crippen LogP) is 2.92. The summed E-state index contributed by atoms with van der Waals surface area (Å²) in [4.78, 5) is 6.89. The first-order chi connectivity index (χ1) is 15.2. The number of guanidine groups is 1. The molecule has 0 fully saturated rings. The SMILES string of the molecule is CCNC(=NCc1nncn1-c1ccccc1)N(C)CCc1ccc(OC)c(OC)c1. The highest BCUT2D eigenvalue weighted by molar-refractivity contribution is 5.79. The van der Waals surface area contributed by atoms with E-state index < -0.39 is 0 Å². The van der Waals surface area contributed by atoms with Crippen molar-refractivity contribution in [3.63, 3.8) is 0 Å². The Balaban J connectivity index is 1.68. The van der Waals surface area contributed by atoms with E-state index in [0.29, 0.717) is 6.54 Å². The number of aliphatic imine (C=N–C) groups is 1. The van der Waals surface area contributed by atoms with E-state index in [0.717, 1.165) is 48.5 Å². The quantitative estimate of drug-likeness (QED) is 0.422. The zero-order valence-electron chi connectivity index (χ0n) is 18.6. The number of hydrogen-bond acceptors (Lipinski definition) is 5. The number of nitrogens with zero attached hydrogens (tertiary/aromatic N) is 5. The molecule has 8 nitrogen and oxygen atoms in total. The molecule has 0 amide bonds. The number of hydrogen-bond donors (Lipinski definition) is 1. The number of benzene rings is 2. The van der Waals surface area contributed by atoms with E-state index in [1.54, 1.807) is 20.5 Å². The van der Waals surface area contributed by atoms with Crippen LogP contribution >= 0.6 is 0 Å². The van der Waals surface area contributed by atoms with Gasteiger partial charge >= 0.3 is 0 Å². The van der Waals surface area contributed by atoms with Crippen molar-refractivity contribution >= 4 is 5.96 Å². The maximum absolute atomic E-state index is 5.41. The zero-order chi connectivity index (χ0) is 22.1. The van der Waals surface area contributed by atoms with Crippen LogP contribution in [0.3, 0.4) is 0 Å². The smallest absolute Gasteiger partial charge is 0.194 e. The van der Waals surface area contributed by atoms with E-state index in [-0.39, 0.29) is 0 Å². The predicted molar refractivity (Wildman–Crippen MR) is 122 cm³/mol. The second kappa shape index (κ2) is 11.0. The van der Waals surface area contributed by atoms with Crippen LogP contribution in [0.15, 0.2) is 59.9 Å². The summed E-state index contributed by atoms with van der Waals surface area (Å²) in [6.45, 7) is 4.07. The topological polar surface area (TPSA) is 76.8 Å². The zero-order valence-corrected chi connectivity index (χ0v) is 18.6. The Hall–Kier alpha value is -3.55. The number of likely N-dealkylation sites (N-methyl/N-ethyl adjacent to an activating group) is 1. The molecule has 0 spiro atoms. The lowest BCUT2D eigenvalue weighted by Crippen LogP contribution is -2.40. The maximum atomic E-state index is 5.41. The molecule has 0 aliphatic heterocycles. The largest absolute Gasteiger partial charge is 0.493 e. The molecule has 0 aliphatic carbocycles. The molecule has 0 saturated carbocycles. The highest BCUT2D eigenvalue weighted by atomic mass is 16.5. The van der Waals surface area contributed by atoms with Crippen molar-refractivity contribution < 1.29 is 9.47 Å². The second-order valence-electron chi connectivity index (χ2n) is 6.98. The summed E-state index contributed by atoms with van der Waals surface area (Å²) in [7, 11) is 5.32. The summed E-state index contributed by atoms with van der Waals surface area (Å²) in [5, 5.41) is 11.7. The third-order valence-electron chi connectivity index (χ3n) is 4.90. The molecule has 1 heterocycles. The molecule has 0 bridgehead atoms. The molecule has 8 heteroatoms. The average molecular weight is 423 g/mol. The first-order valence-electron chi connectivity index (χ1n) is 10.3. The van der Waals surface area contributed by atoms with Crippen molar-refractivity contribution in [2.75, 3.05) is 34.4 Å². The molecule has 31 heavy (non-hydrogen) atoms. The van der Waals surface area contributed by atoms with Crippen molar-refractivity contribution in [3.05, 3.63) is 66.2 Å². The fourth-order valence-electron chi connectivity index (χ4n) is 3.23. The van der Waals surface area contributed by atoms with Crippen LogP contribution in [0.2, 0.25) is 0 Å². The molecular formula is C23H30N6O2. The molecule has 3 rings (SSSR count). The first-order valence-corrected chi connectivity index (χ1v) is 10.3. The van der Waals surface area contributed by atoms with Crippen LogP contribution in [0.5, 0.6) is 11.5 Å². The number of rotatable bonds is 9. The fraction of sp³-hybridized carbons (Fsp3) is 0.348. The summed E-state index contributed by atoms with van der Waals surface area (Å²) in [5.74, 6) is 3.08. The fourth-order valence-corrected chi connectivity index (χ4v) is 3.23. The molecule has 0 saturated heterocycles. The minimum Gasteiger partial charge on any atom is -0.493 e. The molecule has 164 valence electrons. The summed E-state index contributed by atoms with van der Waals surface area (Å²) >= 11 is 0. The Morgan fingerprint density at radius 3 is 2.58 bits per heavy atom. The van der Waals surface area contributed by atoms with E-state index in [1.807, 2.05) is 54.1 Å². The average Bonchev–Trinajstić information content (AvgIpc) is 3.29. The van der Waals surface area contributed by atoms with E-state index in [2.05, 4.69) is 33.4 Å². The van der Waals surface area contributed by atoms with Crippen LogP contribution in [0.1, 0.15) is 18.3 Å². The van der Waals surface area contributed by atoms with E-state index >= 15 is 0 Å². The van der Waals surface area contributed by atoms with E-state index in [9.17, 15) is 0 Å². The summed E-state index contributed by atoms with van der Waals surface area (Å²) < 4.78 is 12.7. The highest BCUT2D eigenvalue weighted by Gasteiger charge is 2.10. The van der Waals surface area contributed by atoms with Crippen LogP contribution in [0, 0.1) is 0 Å². The van der Waals surface area contributed by atoms with Gasteiger partial charge in [-0.2, -0.15) is 0 Å². The molecule has 0 radical (unpaired) electrons. The van der Waals surface area contributed by atoms with Gasteiger partial charge in [0.1, 0.15) is 12.9 Å². The lowest BCUT2D eigenvalue weighted by Gasteiger charge is -2.22. The van der Waals surface area contributed by atoms with E-state index in [1.165, 1.54) is 5.56 Å². The van der Waals surface area contributed by atoms with Crippen LogP contribution < -0.4 is 14.8 Å². The van der Waals surface area contributed by atoms with Gasteiger partial charge in [-0.1, -0.05) is 24.3 Å². The van der Waals surface area contributed by atoms with Crippen LogP contribution in [0.4, 0.5) is 0 Å². The molecule has 1 aromatic heterocycles. The molecule has 0 aliphatic rings. The lowest BCUT2D eigenvalue weighted by atomic mass is 10.1. The summed E-state index contributed by atoms with van der Waals surface area (Å²) in [5.41, 5.74) is 2.19. The van der Waals surface area contributed by atoms with Gasteiger partial charge in [-0.15, -0.1) is 10.2 Å². The maximum Gasteiger partial charge on any atom is 0.194 e. The number of ether oxygens (including phenoxy) is 2. The Morgan fingerprint density at radius 1 is 1.10 bits per heavy atom. The third-order valence-corrected chi connectivity index (χ3v) is 4.90. The monoisotopic (exact) mass is 422 g/mol. The van der Waals surface area contributed by atoms with Gasteiger partial charge in [-0.3, -0.25) is 4.57 Å². The lowest BCUT2D eigenvalue weighted by molar-refractivity contribution is 0.354. The number of aromatic nitrogens is 3.